The van der Waals surface area contributed by atoms with Crippen LogP contribution in [0.2, 0.25) is 0 Å². The molecule has 0 aliphatic carbocycles. The van der Waals surface area contributed by atoms with E-state index in [-0.39, 0.29) is 5.75 Å². The van der Waals surface area contributed by atoms with E-state index in [4.69, 9.17) is 17.2 Å². The van der Waals surface area contributed by atoms with E-state index >= 15 is 0 Å². The average Bonchev–Trinajstić information content (AvgIpc) is 3.42. The predicted octanol–water partition coefficient (Wildman–Crippen LogP) is 5.86. The number of ether oxygens (including phenoxy) is 1. The summed E-state index contributed by atoms with van der Waals surface area (Å²) in [5.74, 6) is 0.111. The number of nitrogens with zero attached hydrogens (tertiary/aromatic N) is 2. The van der Waals surface area contributed by atoms with Crippen molar-refractivity contribution >= 4 is 50.7 Å². The lowest BCUT2D eigenvalue weighted by atomic mass is 10.2. The Labute approximate surface area is 174 Å². The molecule has 0 radical (unpaired) electrons. The lowest BCUT2D eigenvalue weighted by Crippen LogP contribution is -2.17. The molecule has 1 saturated heterocycles. The smallest absolute Gasteiger partial charge is 0.387 e. The molecule has 0 spiro atoms. The monoisotopic (exact) mass is 437 g/mol. The molecule has 0 saturated carbocycles. The molecule has 4 nitrogen and oxygen atoms in total. The van der Waals surface area contributed by atoms with Crippen molar-refractivity contribution in [3.05, 3.63) is 46.7 Å². The molecule has 1 aliphatic rings. The minimum atomic E-state index is -2.84. The van der Waals surface area contributed by atoms with Gasteiger partial charge in [0.2, 0.25) is 0 Å². The molecular weight excluding hydrogens is 420 g/mol. The first-order valence-corrected chi connectivity index (χ1v) is 10.9. The molecule has 0 amide bonds. The Morgan fingerprint density at radius 2 is 1.93 bits per heavy atom. The molecule has 0 atom stereocenters. The van der Waals surface area contributed by atoms with E-state index in [1.165, 1.54) is 25.0 Å². The van der Waals surface area contributed by atoms with Crippen molar-refractivity contribution in [3.63, 3.8) is 0 Å². The molecule has 146 valence electrons. The average molecular weight is 438 g/mol. The fourth-order valence-electron chi connectivity index (χ4n) is 2.99. The Morgan fingerprint density at radius 1 is 1.18 bits per heavy atom. The van der Waals surface area contributed by atoms with Crippen LogP contribution in [0.4, 0.5) is 19.6 Å². The second-order valence-corrected chi connectivity index (χ2v) is 8.54. The molecule has 1 aromatic carbocycles. The van der Waals surface area contributed by atoms with Crippen LogP contribution in [0, 0.1) is 0 Å². The van der Waals surface area contributed by atoms with Crippen LogP contribution >= 0.6 is 34.9 Å². The van der Waals surface area contributed by atoms with Crippen LogP contribution < -0.4 is 15.0 Å². The molecule has 9 heteroatoms. The molecule has 0 bridgehead atoms. The van der Waals surface area contributed by atoms with Crippen molar-refractivity contribution < 1.29 is 13.5 Å². The molecule has 3 heterocycles. The molecule has 1 N–H and O–H groups in total. The van der Waals surface area contributed by atoms with Gasteiger partial charge in [0.05, 0.1) is 9.75 Å². The predicted molar refractivity (Wildman–Crippen MR) is 115 cm³/mol. The fourth-order valence-corrected chi connectivity index (χ4v) is 5.15. The molecule has 4 rings (SSSR count). The normalized spacial score (nSPS) is 13.9. The summed E-state index contributed by atoms with van der Waals surface area (Å²) in [5.41, 5.74) is 1.59. The Balaban J connectivity index is 1.57. The van der Waals surface area contributed by atoms with Gasteiger partial charge in [0.15, 0.2) is 5.13 Å². The number of benzene rings is 1. The molecule has 1 fully saturated rings. The summed E-state index contributed by atoms with van der Waals surface area (Å²) >= 11 is 8.86. The number of thiazole rings is 1. The van der Waals surface area contributed by atoms with E-state index in [1.54, 1.807) is 34.8 Å². The highest BCUT2D eigenvalue weighted by molar-refractivity contribution is 7.81. The van der Waals surface area contributed by atoms with Crippen LogP contribution in [0.25, 0.3) is 10.6 Å². The molecule has 0 unspecified atom stereocenters. The zero-order valence-electron chi connectivity index (χ0n) is 14.7. The molecule has 1 aliphatic heterocycles. The third-order valence-electron chi connectivity index (χ3n) is 4.29. The van der Waals surface area contributed by atoms with Gasteiger partial charge in [0, 0.05) is 18.8 Å². The zero-order valence-corrected chi connectivity index (χ0v) is 17.2. The maximum Gasteiger partial charge on any atom is 0.387 e. The van der Waals surface area contributed by atoms with E-state index in [1.807, 2.05) is 17.5 Å². The van der Waals surface area contributed by atoms with Gasteiger partial charge < -0.3 is 15.0 Å². The van der Waals surface area contributed by atoms with Gasteiger partial charge in [-0.05, 0) is 48.6 Å². The van der Waals surface area contributed by atoms with Gasteiger partial charge in [-0.25, -0.2) is 4.98 Å². The number of aromatic nitrogens is 1. The second-order valence-electron chi connectivity index (χ2n) is 6.20. The Hall–Kier alpha value is -2.10. The van der Waals surface area contributed by atoms with Crippen LogP contribution in [0.5, 0.6) is 5.75 Å². The first-order chi connectivity index (χ1) is 13.6. The molecular formula is C19H17F2N3OS3. The highest BCUT2D eigenvalue weighted by atomic mass is 32.1. The van der Waals surface area contributed by atoms with Crippen molar-refractivity contribution in [2.45, 2.75) is 19.5 Å². The number of halogens is 2. The second kappa shape index (κ2) is 8.50. The number of hydrogen-bond acceptors (Lipinski definition) is 6. The Bertz CT molecular complexity index is 936. The first-order valence-electron chi connectivity index (χ1n) is 8.76. The van der Waals surface area contributed by atoms with E-state index in [0.717, 1.165) is 33.7 Å². The molecule has 2 aromatic heterocycles. The summed E-state index contributed by atoms with van der Waals surface area (Å²) in [5, 5.41) is 6.20. The van der Waals surface area contributed by atoms with Crippen molar-refractivity contribution in [1.82, 2.24) is 4.98 Å². The zero-order chi connectivity index (χ0) is 19.5. The van der Waals surface area contributed by atoms with Gasteiger partial charge in [-0.2, -0.15) is 8.78 Å². The maximum absolute atomic E-state index is 12.3. The SMILES string of the molecule is FC(F)Oc1ccc(NC(=S)c2sc(N3CCCC3)nc2-c2cccs2)cc1. The van der Waals surface area contributed by atoms with Gasteiger partial charge in [0.25, 0.3) is 0 Å². The standard InChI is InChI=1S/C19H17F2N3OS3/c20-18(21)25-13-7-5-12(6-8-13)22-17(26)16-15(14-4-3-11-27-14)23-19(28-16)24-9-1-2-10-24/h3-8,11,18H,1-2,9-10H2,(H,22,26). The van der Waals surface area contributed by atoms with Gasteiger partial charge in [-0.15, -0.1) is 11.3 Å². The summed E-state index contributed by atoms with van der Waals surface area (Å²) in [6.07, 6.45) is 2.36. The van der Waals surface area contributed by atoms with Gasteiger partial charge in [-0.3, -0.25) is 0 Å². The van der Waals surface area contributed by atoms with Crippen LogP contribution in [-0.4, -0.2) is 29.7 Å². The summed E-state index contributed by atoms with van der Waals surface area (Å²) in [6.45, 7) is -0.805. The van der Waals surface area contributed by atoms with Crippen molar-refractivity contribution in [1.29, 1.82) is 0 Å². The van der Waals surface area contributed by atoms with Crippen molar-refractivity contribution in [2.24, 2.45) is 0 Å². The number of alkyl halides is 2. The van der Waals surface area contributed by atoms with Crippen LogP contribution in [0.15, 0.2) is 41.8 Å². The third-order valence-corrected chi connectivity index (χ3v) is 6.74. The number of hydrogen-bond donors (Lipinski definition) is 1. The van der Waals surface area contributed by atoms with E-state index in [0.29, 0.717) is 10.7 Å². The number of thiocarbonyl (C=S) groups is 1. The molecule has 3 aromatic rings. The van der Waals surface area contributed by atoms with Gasteiger partial charge >= 0.3 is 6.61 Å². The minimum Gasteiger partial charge on any atom is -0.435 e. The van der Waals surface area contributed by atoms with Crippen LogP contribution in [-0.2, 0) is 0 Å². The van der Waals surface area contributed by atoms with E-state index in [2.05, 4.69) is 15.0 Å². The Morgan fingerprint density at radius 3 is 2.57 bits per heavy atom. The number of anilines is 2. The van der Waals surface area contributed by atoms with Gasteiger partial charge in [0.1, 0.15) is 16.4 Å². The molecule has 28 heavy (non-hydrogen) atoms. The number of nitrogens with one attached hydrogen (secondary N) is 1. The summed E-state index contributed by atoms with van der Waals surface area (Å²) in [4.78, 5) is 9.71. The topological polar surface area (TPSA) is 37.4 Å². The van der Waals surface area contributed by atoms with Gasteiger partial charge in [-0.1, -0.05) is 29.6 Å². The van der Waals surface area contributed by atoms with Crippen molar-refractivity contribution in [2.75, 3.05) is 23.3 Å². The summed E-state index contributed by atoms with van der Waals surface area (Å²) < 4.78 is 29.0. The number of thiophene rings is 1. The number of rotatable bonds is 6. The largest absolute Gasteiger partial charge is 0.435 e. The first kappa shape index (κ1) is 19.2. The quantitative estimate of drug-likeness (QED) is 0.489. The van der Waals surface area contributed by atoms with Crippen LogP contribution in [0.3, 0.4) is 0 Å². The third kappa shape index (κ3) is 4.31. The highest BCUT2D eigenvalue weighted by Crippen LogP contribution is 2.37. The van der Waals surface area contributed by atoms with Crippen LogP contribution in [0.1, 0.15) is 17.7 Å². The summed E-state index contributed by atoms with van der Waals surface area (Å²) in [6, 6.07) is 10.3. The van der Waals surface area contributed by atoms with Crippen molar-refractivity contribution in [3.8, 4) is 16.3 Å². The fraction of sp³-hybridized carbons (Fsp3) is 0.263. The summed E-state index contributed by atoms with van der Waals surface area (Å²) in [7, 11) is 0. The highest BCUT2D eigenvalue weighted by Gasteiger charge is 2.22. The van der Waals surface area contributed by atoms with E-state index in [9.17, 15) is 8.78 Å². The maximum atomic E-state index is 12.3. The lowest BCUT2D eigenvalue weighted by molar-refractivity contribution is -0.0498. The van der Waals surface area contributed by atoms with E-state index < -0.39 is 6.61 Å². The minimum absolute atomic E-state index is 0.111. The lowest BCUT2D eigenvalue weighted by Gasteiger charge is -2.12. The Kier molecular flexibility index (Phi) is 5.84.